The molecule has 8 nitrogen and oxygen atoms in total. The highest BCUT2D eigenvalue weighted by Crippen LogP contribution is 2.08. The van der Waals surface area contributed by atoms with Crippen molar-refractivity contribution in [1.82, 2.24) is 0 Å². The predicted molar refractivity (Wildman–Crippen MR) is 140 cm³/mol. The van der Waals surface area contributed by atoms with Gasteiger partial charge in [-0.05, 0) is 43.2 Å². The van der Waals surface area contributed by atoms with Crippen LogP contribution in [0.5, 0.6) is 0 Å². The number of esters is 2. The molecule has 0 atom stereocenters. The lowest BCUT2D eigenvalue weighted by molar-refractivity contribution is -0.140. The van der Waals surface area contributed by atoms with Crippen LogP contribution in [0.1, 0.15) is 49.7 Å². The van der Waals surface area contributed by atoms with Crippen LogP contribution >= 0.6 is 23.2 Å². The fraction of sp³-hybridized carbons (Fsp3) is 0.462. The van der Waals surface area contributed by atoms with Crippen molar-refractivity contribution in [2.45, 2.75) is 50.3 Å². The molecule has 0 fully saturated rings. The second kappa shape index (κ2) is 28.1. The second-order valence-corrected chi connectivity index (χ2v) is 7.40. The first-order valence-electron chi connectivity index (χ1n) is 11.3. The largest absolute Gasteiger partial charge is 0.463 e. The Bertz CT molecular complexity index is 772. The Kier molecular flexibility index (Phi) is 27.4. The topological polar surface area (TPSA) is 115 Å². The van der Waals surface area contributed by atoms with Gasteiger partial charge in [-0.1, -0.05) is 43.8 Å². The number of aliphatic imine (C=N–C) groups is 1. The summed E-state index contributed by atoms with van der Waals surface area (Å²) >= 11 is 11.2. The Balaban J connectivity index is 0. The quantitative estimate of drug-likeness (QED) is 0.0496. The fourth-order valence-corrected chi connectivity index (χ4v) is 2.55. The molecule has 36 heavy (non-hydrogen) atoms. The van der Waals surface area contributed by atoms with Crippen molar-refractivity contribution in [3.63, 3.8) is 0 Å². The standard InChI is InChI=1S/C10H14O4.C8H8Cl2.C8H12N2O2/c1-3-9(11)13-7-5-6-8-14-10(12)4-2;9-5-7-1-2-8(6-10)4-3-7;9-7-12-6-4-2-1-3-5-10-8-11/h3-4H,1-2,5-8H2;1-4H,5-6H2;1-6H2. The van der Waals surface area contributed by atoms with Crippen LogP contribution in [0.3, 0.4) is 0 Å². The lowest BCUT2D eigenvalue weighted by Crippen LogP contribution is -2.05. The molecule has 0 bridgehead atoms. The van der Waals surface area contributed by atoms with Crippen LogP contribution in [0, 0.1) is 11.5 Å². The molecule has 198 valence electrons. The van der Waals surface area contributed by atoms with Gasteiger partial charge in [0.1, 0.15) is 6.61 Å². The Hall–Kier alpha value is -3.11. The van der Waals surface area contributed by atoms with E-state index in [2.05, 4.69) is 22.9 Å². The smallest absolute Gasteiger partial charge is 0.330 e. The number of hydrogen-bond acceptors (Lipinski definition) is 8. The average molecular weight is 541 g/mol. The third-order valence-electron chi connectivity index (χ3n) is 4.09. The molecule has 0 aromatic heterocycles. The van der Waals surface area contributed by atoms with E-state index in [4.69, 9.17) is 37.9 Å². The molecule has 1 rings (SSSR count). The molecule has 0 saturated carbocycles. The number of nitriles is 1. The van der Waals surface area contributed by atoms with Crippen LogP contribution in [0.4, 0.5) is 0 Å². The summed E-state index contributed by atoms with van der Waals surface area (Å²) in [6.07, 6.45) is 10.4. The number of carbonyl (C=O) groups excluding carboxylic acids is 3. The molecule has 0 heterocycles. The molecule has 0 aliphatic heterocycles. The Morgan fingerprint density at radius 2 is 1.28 bits per heavy atom. The molecule has 0 spiro atoms. The SMILES string of the molecule is C=CC(=O)OCCCCOC(=O)C=C.ClCc1ccc(CCl)cc1.N#COCCCCCCN=C=O. The summed E-state index contributed by atoms with van der Waals surface area (Å²) in [5, 5.41) is 8.01. The first-order valence-corrected chi connectivity index (χ1v) is 12.4. The number of isocyanates is 1. The number of rotatable bonds is 16. The van der Waals surface area contributed by atoms with Gasteiger partial charge in [-0.2, -0.15) is 5.26 Å². The minimum atomic E-state index is -0.437. The van der Waals surface area contributed by atoms with Crippen molar-refractivity contribution in [2.75, 3.05) is 26.4 Å². The lowest BCUT2D eigenvalue weighted by Gasteiger charge is -2.02. The van der Waals surface area contributed by atoms with E-state index >= 15 is 0 Å². The summed E-state index contributed by atoms with van der Waals surface area (Å²) in [4.78, 5) is 34.2. The van der Waals surface area contributed by atoms with Crippen LogP contribution in [0.15, 0.2) is 54.6 Å². The highest BCUT2D eigenvalue weighted by molar-refractivity contribution is 6.17. The Morgan fingerprint density at radius 1 is 0.833 bits per heavy atom. The van der Waals surface area contributed by atoms with E-state index in [1.165, 1.54) is 6.08 Å². The number of hydrogen-bond donors (Lipinski definition) is 0. The van der Waals surface area contributed by atoms with Crippen molar-refractivity contribution in [3.05, 3.63) is 60.7 Å². The highest BCUT2D eigenvalue weighted by atomic mass is 35.5. The van der Waals surface area contributed by atoms with E-state index in [0.717, 1.165) is 49.0 Å². The minimum absolute atomic E-state index is 0.316. The van der Waals surface area contributed by atoms with E-state index in [1.54, 1.807) is 6.26 Å². The first kappa shape index (κ1) is 35.1. The van der Waals surface area contributed by atoms with Crippen LogP contribution in [-0.4, -0.2) is 44.4 Å². The van der Waals surface area contributed by atoms with Crippen LogP contribution < -0.4 is 0 Å². The monoisotopic (exact) mass is 540 g/mol. The normalized spacial score (nSPS) is 8.92. The number of ether oxygens (including phenoxy) is 3. The fourth-order valence-electron chi connectivity index (χ4n) is 2.19. The van der Waals surface area contributed by atoms with Crippen LogP contribution in [0.2, 0.25) is 0 Å². The highest BCUT2D eigenvalue weighted by Gasteiger charge is 1.97. The number of carbonyl (C=O) groups is 2. The van der Waals surface area contributed by atoms with E-state index < -0.39 is 11.9 Å². The maximum absolute atomic E-state index is 10.6. The van der Waals surface area contributed by atoms with Gasteiger partial charge >= 0.3 is 11.9 Å². The maximum Gasteiger partial charge on any atom is 0.330 e. The second-order valence-electron chi connectivity index (χ2n) is 6.86. The van der Waals surface area contributed by atoms with Gasteiger partial charge in [-0.15, -0.1) is 23.2 Å². The minimum Gasteiger partial charge on any atom is -0.463 e. The van der Waals surface area contributed by atoms with Crippen molar-refractivity contribution in [2.24, 2.45) is 4.99 Å². The maximum atomic E-state index is 10.6. The molecule has 1 aromatic rings. The van der Waals surface area contributed by atoms with Gasteiger partial charge in [0.15, 0.2) is 0 Å². The van der Waals surface area contributed by atoms with Gasteiger partial charge in [0.05, 0.1) is 19.8 Å². The molecule has 1 aromatic carbocycles. The van der Waals surface area contributed by atoms with Crippen molar-refractivity contribution in [3.8, 4) is 6.26 Å². The van der Waals surface area contributed by atoms with Crippen molar-refractivity contribution >= 4 is 41.2 Å². The zero-order valence-electron chi connectivity index (χ0n) is 20.5. The molecular weight excluding hydrogens is 507 g/mol. The van der Waals surface area contributed by atoms with Gasteiger partial charge in [-0.3, -0.25) is 0 Å². The van der Waals surface area contributed by atoms with Crippen LogP contribution in [-0.2, 0) is 40.4 Å². The number of halogens is 2. The molecule has 0 aliphatic rings. The van der Waals surface area contributed by atoms with Gasteiger partial charge in [0, 0.05) is 23.9 Å². The van der Waals surface area contributed by atoms with Crippen LogP contribution in [0.25, 0.3) is 0 Å². The average Bonchev–Trinajstić information content (AvgIpc) is 2.92. The van der Waals surface area contributed by atoms with E-state index in [9.17, 15) is 14.4 Å². The van der Waals surface area contributed by atoms with E-state index in [1.807, 2.05) is 24.3 Å². The summed E-state index contributed by atoms with van der Waals surface area (Å²) in [5.41, 5.74) is 2.27. The lowest BCUT2D eigenvalue weighted by atomic mass is 10.2. The van der Waals surface area contributed by atoms with E-state index in [-0.39, 0.29) is 0 Å². The van der Waals surface area contributed by atoms with Crippen molar-refractivity contribution in [1.29, 1.82) is 5.26 Å². The van der Waals surface area contributed by atoms with Crippen molar-refractivity contribution < 1.29 is 28.6 Å². The molecule has 0 unspecified atom stereocenters. The molecule has 0 saturated heterocycles. The van der Waals surface area contributed by atoms with Gasteiger partial charge < -0.3 is 14.2 Å². The number of alkyl halides is 2. The Morgan fingerprint density at radius 3 is 1.67 bits per heavy atom. The summed E-state index contributed by atoms with van der Waals surface area (Å²) in [6.45, 7) is 8.19. The van der Waals surface area contributed by atoms with E-state index in [0.29, 0.717) is 51.0 Å². The summed E-state index contributed by atoms with van der Waals surface area (Å²) in [5.74, 6) is 0.270. The zero-order valence-corrected chi connectivity index (χ0v) is 22.0. The third kappa shape index (κ3) is 25.5. The molecule has 0 aliphatic carbocycles. The summed E-state index contributed by atoms with van der Waals surface area (Å²) in [6, 6.07) is 7.96. The third-order valence-corrected chi connectivity index (χ3v) is 4.70. The molecule has 0 radical (unpaired) electrons. The molecule has 10 heteroatoms. The zero-order chi connectivity index (χ0) is 27.3. The number of benzene rings is 1. The summed E-state index contributed by atoms with van der Waals surface area (Å²) in [7, 11) is 0. The summed E-state index contributed by atoms with van der Waals surface area (Å²) < 4.78 is 13.9. The van der Waals surface area contributed by atoms with Gasteiger partial charge in [-0.25, -0.2) is 19.4 Å². The van der Waals surface area contributed by atoms with Gasteiger partial charge in [0.2, 0.25) is 6.08 Å². The molecule has 0 amide bonds. The number of nitrogens with zero attached hydrogens (tertiary/aromatic N) is 2. The first-order chi connectivity index (χ1) is 17.5. The number of unbranched alkanes of at least 4 members (excludes halogenated alkanes) is 4. The molecule has 0 N–H and O–H groups in total. The predicted octanol–water partition coefficient (Wildman–Crippen LogP) is 5.77. The Labute approximate surface area is 223 Å². The molecular formula is C26H34Cl2N2O6. The van der Waals surface area contributed by atoms with Gasteiger partial charge in [0.25, 0.3) is 6.26 Å².